The van der Waals surface area contributed by atoms with Gasteiger partial charge in [0.25, 0.3) is 0 Å². The van der Waals surface area contributed by atoms with Crippen LogP contribution in [0.2, 0.25) is 5.02 Å². The molecule has 1 fully saturated rings. The Morgan fingerprint density at radius 1 is 1.14 bits per heavy atom. The lowest BCUT2D eigenvalue weighted by Crippen LogP contribution is -2.22. The van der Waals surface area contributed by atoms with Gasteiger partial charge in [-0.2, -0.15) is 0 Å². The fraction of sp³-hybridized carbons (Fsp3) is 0.357. The topological polar surface area (TPSA) is 64.8 Å². The second kappa shape index (κ2) is 10.0. The summed E-state index contributed by atoms with van der Waals surface area (Å²) < 4.78 is 2.25. The average molecular weight is 506 g/mol. The van der Waals surface area contributed by atoms with Crippen molar-refractivity contribution in [1.29, 1.82) is 0 Å². The molecule has 1 aliphatic carbocycles. The highest BCUT2D eigenvalue weighted by Gasteiger charge is 2.29. The van der Waals surface area contributed by atoms with Crippen LogP contribution in [0.1, 0.15) is 76.4 Å². The molecule has 2 atom stereocenters. The van der Waals surface area contributed by atoms with Gasteiger partial charge in [0.1, 0.15) is 5.69 Å². The number of benzene rings is 1. The molecule has 1 saturated carbocycles. The van der Waals surface area contributed by atoms with Crippen LogP contribution in [0.5, 0.6) is 0 Å². The number of halogens is 1. The second-order valence-electron chi connectivity index (χ2n) is 9.34. The summed E-state index contributed by atoms with van der Waals surface area (Å²) >= 11 is 8.17. The fourth-order valence-electron chi connectivity index (χ4n) is 5.20. The van der Waals surface area contributed by atoms with Crippen LogP contribution in [0.4, 0.5) is 0 Å². The molecule has 1 aromatic carbocycles. The van der Waals surface area contributed by atoms with Crippen molar-refractivity contribution in [3.05, 3.63) is 69.0 Å². The maximum atomic E-state index is 12.9. The molecule has 0 amide bonds. The molecule has 0 radical (unpaired) electrons. The van der Waals surface area contributed by atoms with Crippen LogP contribution in [-0.2, 0) is 0 Å². The summed E-state index contributed by atoms with van der Waals surface area (Å²) in [6.07, 6.45) is 6.72. The van der Waals surface area contributed by atoms with Crippen molar-refractivity contribution in [2.75, 3.05) is 0 Å². The molecule has 0 N–H and O–H groups in total. The van der Waals surface area contributed by atoms with E-state index in [1.807, 2.05) is 56.3 Å². The predicted octanol–water partition coefficient (Wildman–Crippen LogP) is 7.72. The Kier molecular flexibility index (Phi) is 6.85. The maximum Gasteiger partial charge on any atom is 0.173 e. The number of thiophene rings is 1. The van der Waals surface area contributed by atoms with Gasteiger partial charge in [-0.3, -0.25) is 14.6 Å². The van der Waals surface area contributed by atoms with Gasteiger partial charge < -0.3 is 4.57 Å². The summed E-state index contributed by atoms with van der Waals surface area (Å²) in [4.78, 5) is 36.9. The number of pyridine rings is 1. The SMILES string of the molecule is CCC(=O)c1cc2nc(-c3ccccn3)n([C@H]3CCC[C@@H](CC(=O)c4ccc(C)s4)C3)c2cc1Cl. The Bertz CT molecular complexity index is 1390. The molecule has 0 bridgehead atoms. The van der Waals surface area contributed by atoms with Crippen molar-refractivity contribution in [3.8, 4) is 11.5 Å². The molecule has 1 aliphatic rings. The fourth-order valence-corrected chi connectivity index (χ4v) is 6.27. The van der Waals surface area contributed by atoms with Crippen molar-refractivity contribution >= 4 is 45.5 Å². The standard InChI is InChI=1S/C28H28ClN3O2S/c1-3-25(33)20-15-23-24(16-21(20)29)32(28(31-23)22-9-4-5-12-30-22)19-8-6-7-18(13-19)14-26(34)27-11-10-17(2)35-27/h4-5,9-12,15-16,18-19H,3,6-8,13-14H2,1-2H3/t18-,19+/m1/s1. The quantitative estimate of drug-likeness (QED) is 0.241. The third kappa shape index (κ3) is 4.82. The summed E-state index contributed by atoms with van der Waals surface area (Å²) in [6, 6.07) is 13.6. The van der Waals surface area contributed by atoms with Gasteiger partial charge in [-0.1, -0.05) is 31.0 Å². The first-order valence-corrected chi connectivity index (χ1v) is 13.4. The summed E-state index contributed by atoms with van der Waals surface area (Å²) in [5.74, 6) is 1.34. The van der Waals surface area contributed by atoms with Crippen LogP contribution in [-0.4, -0.2) is 26.1 Å². The van der Waals surface area contributed by atoms with E-state index in [1.165, 1.54) is 0 Å². The Morgan fingerprint density at radius 2 is 2.00 bits per heavy atom. The van der Waals surface area contributed by atoms with E-state index < -0.39 is 0 Å². The lowest BCUT2D eigenvalue weighted by Gasteiger charge is -2.31. The molecular weight excluding hydrogens is 478 g/mol. The highest BCUT2D eigenvalue weighted by Crippen LogP contribution is 2.40. The number of aromatic nitrogens is 3. The van der Waals surface area contributed by atoms with E-state index in [2.05, 4.69) is 9.55 Å². The predicted molar refractivity (Wildman–Crippen MR) is 142 cm³/mol. The molecule has 180 valence electrons. The van der Waals surface area contributed by atoms with Crippen LogP contribution in [0, 0.1) is 12.8 Å². The van der Waals surface area contributed by atoms with Crippen molar-refractivity contribution in [2.24, 2.45) is 5.92 Å². The van der Waals surface area contributed by atoms with E-state index in [9.17, 15) is 9.59 Å². The summed E-state index contributed by atoms with van der Waals surface area (Å²) in [7, 11) is 0. The number of carbonyl (C=O) groups is 2. The highest BCUT2D eigenvalue weighted by molar-refractivity contribution is 7.14. The minimum Gasteiger partial charge on any atom is -0.319 e. The first-order chi connectivity index (χ1) is 16.9. The van der Waals surface area contributed by atoms with E-state index in [1.54, 1.807) is 17.5 Å². The molecule has 0 unspecified atom stereocenters. The second-order valence-corrected chi connectivity index (χ2v) is 11.0. The van der Waals surface area contributed by atoms with Crippen molar-refractivity contribution in [3.63, 3.8) is 0 Å². The third-order valence-electron chi connectivity index (χ3n) is 6.90. The minimum atomic E-state index is 0.00546. The van der Waals surface area contributed by atoms with E-state index in [4.69, 9.17) is 16.6 Å². The molecule has 5 rings (SSSR count). The molecule has 3 heterocycles. The van der Waals surface area contributed by atoms with Gasteiger partial charge in [0, 0.05) is 35.5 Å². The third-order valence-corrected chi connectivity index (χ3v) is 8.26. The Balaban J connectivity index is 1.53. The Hall–Kier alpha value is -2.83. The van der Waals surface area contributed by atoms with Crippen molar-refractivity contribution in [1.82, 2.24) is 14.5 Å². The lowest BCUT2D eigenvalue weighted by molar-refractivity contribution is 0.0944. The normalized spacial score (nSPS) is 18.1. The number of nitrogens with zero attached hydrogens (tertiary/aromatic N) is 3. The summed E-state index contributed by atoms with van der Waals surface area (Å²) in [5.41, 5.74) is 2.96. The number of rotatable bonds is 7. The highest BCUT2D eigenvalue weighted by atomic mass is 35.5. The zero-order valence-corrected chi connectivity index (χ0v) is 21.5. The Labute approximate surface area is 214 Å². The van der Waals surface area contributed by atoms with Crippen LogP contribution in [0.3, 0.4) is 0 Å². The average Bonchev–Trinajstić information content (AvgIpc) is 3.47. The molecule has 35 heavy (non-hydrogen) atoms. The number of aryl methyl sites for hydroxylation is 1. The molecular formula is C28H28ClN3O2S. The van der Waals surface area contributed by atoms with E-state index >= 15 is 0 Å². The number of hydrogen-bond donors (Lipinski definition) is 0. The first-order valence-electron chi connectivity index (χ1n) is 12.2. The van der Waals surface area contributed by atoms with Gasteiger partial charge in [0.2, 0.25) is 0 Å². The molecule has 5 nitrogen and oxygen atoms in total. The monoisotopic (exact) mass is 505 g/mol. The van der Waals surface area contributed by atoms with Crippen LogP contribution >= 0.6 is 22.9 Å². The number of fused-ring (bicyclic) bond motifs is 1. The van der Waals surface area contributed by atoms with Crippen LogP contribution in [0.15, 0.2) is 48.7 Å². The molecule has 7 heteroatoms. The molecule has 0 saturated heterocycles. The molecule has 4 aromatic rings. The number of imidazole rings is 1. The van der Waals surface area contributed by atoms with Gasteiger partial charge >= 0.3 is 0 Å². The van der Waals surface area contributed by atoms with E-state index in [0.717, 1.165) is 58.0 Å². The van der Waals surface area contributed by atoms with Crippen LogP contribution in [0.25, 0.3) is 22.6 Å². The number of ketones is 2. The zero-order chi connectivity index (χ0) is 24.5. The maximum absolute atomic E-state index is 12.9. The Morgan fingerprint density at radius 3 is 2.71 bits per heavy atom. The lowest BCUT2D eigenvalue weighted by atomic mass is 9.82. The van der Waals surface area contributed by atoms with Gasteiger partial charge in [-0.25, -0.2) is 4.98 Å². The number of hydrogen-bond acceptors (Lipinski definition) is 5. The van der Waals surface area contributed by atoms with Crippen molar-refractivity contribution < 1.29 is 9.59 Å². The molecule has 0 aliphatic heterocycles. The minimum absolute atomic E-state index is 0.00546. The molecule has 0 spiro atoms. The smallest absolute Gasteiger partial charge is 0.173 e. The van der Waals surface area contributed by atoms with Gasteiger partial charge in [0.05, 0.1) is 20.9 Å². The number of carbonyl (C=O) groups excluding carboxylic acids is 2. The number of Topliss-reactive ketones (excluding diaryl/α,β-unsaturated/α-hetero) is 2. The van der Waals surface area contributed by atoms with Crippen LogP contribution < -0.4 is 0 Å². The summed E-state index contributed by atoms with van der Waals surface area (Å²) in [5, 5.41) is 0.452. The van der Waals surface area contributed by atoms with Gasteiger partial charge in [0.15, 0.2) is 17.4 Å². The van der Waals surface area contributed by atoms with E-state index in [0.29, 0.717) is 29.3 Å². The summed E-state index contributed by atoms with van der Waals surface area (Å²) in [6.45, 7) is 3.87. The zero-order valence-electron chi connectivity index (χ0n) is 20.0. The molecule has 3 aromatic heterocycles. The van der Waals surface area contributed by atoms with Gasteiger partial charge in [-0.05, 0) is 68.5 Å². The largest absolute Gasteiger partial charge is 0.319 e. The van der Waals surface area contributed by atoms with Gasteiger partial charge in [-0.15, -0.1) is 11.3 Å². The van der Waals surface area contributed by atoms with E-state index in [-0.39, 0.29) is 17.6 Å². The first kappa shape index (κ1) is 23.9. The van der Waals surface area contributed by atoms with Crippen molar-refractivity contribution in [2.45, 2.75) is 58.4 Å².